The van der Waals surface area contributed by atoms with E-state index >= 15 is 8.78 Å². The molecule has 0 aliphatic heterocycles. The summed E-state index contributed by atoms with van der Waals surface area (Å²) in [7, 11) is -4.02. The average Bonchev–Trinajstić information content (AvgIpc) is 3.32. The van der Waals surface area contributed by atoms with Crippen LogP contribution in [0.25, 0.3) is 0 Å². The molecule has 3 aliphatic rings. The van der Waals surface area contributed by atoms with Gasteiger partial charge < -0.3 is 18.3 Å². The van der Waals surface area contributed by atoms with E-state index in [-0.39, 0.29) is 40.0 Å². The molecular weight excluding hydrogens is 675 g/mol. The number of ether oxygens (including phenoxy) is 2. The molecule has 296 valence electrons. The normalized spacial score (nSPS) is 30.2. The Balaban J connectivity index is 1.83. The highest BCUT2D eigenvalue weighted by Crippen LogP contribution is 2.60. The van der Waals surface area contributed by atoms with Gasteiger partial charge in [-0.1, -0.05) is 79.7 Å². The second kappa shape index (κ2) is 16.2. The molecule has 3 aliphatic carbocycles. The highest BCUT2D eigenvalue weighted by Gasteiger charge is 2.53. The van der Waals surface area contributed by atoms with Crippen LogP contribution < -0.4 is 0 Å². The average molecular weight is 753 g/mol. The summed E-state index contributed by atoms with van der Waals surface area (Å²) in [4.78, 5) is 0. The van der Waals surface area contributed by atoms with Crippen LogP contribution in [0.1, 0.15) is 141 Å². The van der Waals surface area contributed by atoms with Crippen LogP contribution in [0.2, 0.25) is 36.3 Å². The predicted octanol–water partition coefficient (Wildman–Crippen LogP) is 13.4. The number of alkyl halides is 2. The maximum Gasteiger partial charge on any atom is 0.276 e. The van der Waals surface area contributed by atoms with Crippen molar-refractivity contribution in [1.29, 1.82) is 0 Å². The molecule has 0 saturated heterocycles. The molecule has 3 rings (SSSR count). The van der Waals surface area contributed by atoms with Crippen molar-refractivity contribution in [1.82, 2.24) is 0 Å². The van der Waals surface area contributed by atoms with Gasteiger partial charge in [-0.2, -0.15) is 0 Å². The van der Waals surface area contributed by atoms with Gasteiger partial charge in [0.1, 0.15) is 5.60 Å². The molecule has 0 N–H and O–H groups in total. The molecule has 0 amide bonds. The summed E-state index contributed by atoms with van der Waals surface area (Å²) in [6.07, 6.45) is 11.9. The van der Waals surface area contributed by atoms with Crippen LogP contribution in [0, 0.1) is 23.2 Å². The third-order valence-electron chi connectivity index (χ3n) is 14.1. The maximum absolute atomic E-state index is 15.6. The van der Waals surface area contributed by atoms with Crippen molar-refractivity contribution in [3.05, 3.63) is 35.5 Å². The number of hydrogen-bond acceptors (Lipinski definition) is 4. The minimum atomic E-state index is -2.95. The fourth-order valence-electron chi connectivity index (χ4n) is 8.66. The van der Waals surface area contributed by atoms with Gasteiger partial charge in [0.25, 0.3) is 5.92 Å². The Bertz CT molecular complexity index is 1260. The molecule has 3 fully saturated rings. The maximum atomic E-state index is 15.6. The van der Waals surface area contributed by atoms with Crippen molar-refractivity contribution in [3.8, 4) is 0 Å². The topological polar surface area (TPSA) is 36.9 Å². The first kappa shape index (κ1) is 44.7. The van der Waals surface area contributed by atoms with Gasteiger partial charge in [0.05, 0.1) is 12.2 Å². The molecule has 0 aromatic rings. The van der Waals surface area contributed by atoms with Crippen LogP contribution in [0.5, 0.6) is 0 Å². The van der Waals surface area contributed by atoms with Crippen LogP contribution >= 0.6 is 0 Å². The number of halogens is 2. The summed E-state index contributed by atoms with van der Waals surface area (Å²) < 4.78 is 56.4. The summed E-state index contributed by atoms with van der Waals surface area (Å²) in [6, 6.07) is 0. The van der Waals surface area contributed by atoms with Crippen molar-refractivity contribution in [2.75, 3.05) is 6.61 Å². The first-order valence-corrected chi connectivity index (χ1v) is 26.0. The van der Waals surface area contributed by atoms with Gasteiger partial charge in [-0.25, -0.2) is 8.78 Å². The molecule has 0 spiro atoms. The molecule has 8 heteroatoms. The Kier molecular flexibility index (Phi) is 14.2. The predicted molar refractivity (Wildman–Crippen MR) is 216 cm³/mol. The van der Waals surface area contributed by atoms with E-state index in [1.54, 1.807) is 6.92 Å². The van der Waals surface area contributed by atoms with E-state index in [2.05, 4.69) is 100 Å². The SMILES string of the molecule is C=C1/C(=C\C=C2/CCC[C@]3(C)[C@@H]([C@H](C)CCC(F)(F)C(C)(C)OC(C)OCC)CC[C@@H]23)C[C@H](O[Si](C)(C)C(C)(C)C)C[C@H]1O[Si](C)(C)C(C)(C)C. The first-order chi connectivity index (χ1) is 23.1. The van der Waals surface area contributed by atoms with Crippen molar-refractivity contribution >= 4 is 16.6 Å². The van der Waals surface area contributed by atoms with Crippen LogP contribution in [0.4, 0.5) is 8.78 Å². The lowest BCUT2D eigenvalue weighted by atomic mass is 9.60. The summed E-state index contributed by atoms with van der Waals surface area (Å²) in [5.74, 6) is -1.83. The van der Waals surface area contributed by atoms with Crippen molar-refractivity contribution in [2.24, 2.45) is 23.2 Å². The van der Waals surface area contributed by atoms with Crippen molar-refractivity contribution < 1.29 is 27.1 Å². The van der Waals surface area contributed by atoms with Gasteiger partial charge in [0.15, 0.2) is 22.9 Å². The smallest absolute Gasteiger partial charge is 0.276 e. The molecule has 4 nitrogen and oxygen atoms in total. The lowest BCUT2D eigenvalue weighted by molar-refractivity contribution is -0.264. The molecular formula is C43H78F2O4Si2. The number of hydrogen-bond donors (Lipinski definition) is 0. The van der Waals surface area contributed by atoms with Crippen LogP contribution in [0.15, 0.2) is 35.5 Å². The fourth-order valence-corrected chi connectivity index (χ4v) is 11.3. The number of rotatable bonds is 14. The van der Waals surface area contributed by atoms with Crippen LogP contribution in [0.3, 0.4) is 0 Å². The zero-order valence-corrected chi connectivity index (χ0v) is 37.8. The van der Waals surface area contributed by atoms with Gasteiger partial charge in [0.2, 0.25) is 0 Å². The van der Waals surface area contributed by atoms with E-state index in [1.807, 2.05) is 6.92 Å². The Morgan fingerprint density at radius 1 is 0.922 bits per heavy atom. The van der Waals surface area contributed by atoms with Gasteiger partial charge in [0, 0.05) is 19.4 Å². The van der Waals surface area contributed by atoms with E-state index in [9.17, 15) is 0 Å². The Morgan fingerprint density at radius 3 is 2.08 bits per heavy atom. The molecule has 0 aromatic heterocycles. The second-order valence-corrected chi connectivity index (χ2v) is 29.7. The third-order valence-corrected chi connectivity index (χ3v) is 23.1. The lowest BCUT2D eigenvalue weighted by Crippen LogP contribution is -2.49. The summed E-state index contributed by atoms with van der Waals surface area (Å²) >= 11 is 0. The van der Waals surface area contributed by atoms with Gasteiger partial charge in [-0.3, -0.25) is 0 Å². The Labute approximate surface area is 315 Å². The second-order valence-electron chi connectivity index (χ2n) is 20.2. The molecule has 3 saturated carbocycles. The van der Waals surface area contributed by atoms with E-state index in [1.165, 1.54) is 25.0 Å². The van der Waals surface area contributed by atoms with Crippen LogP contribution in [-0.4, -0.2) is 53.3 Å². The molecule has 0 aromatic carbocycles. The Morgan fingerprint density at radius 2 is 1.51 bits per heavy atom. The Hall–Kier alpha value is -0.646. The molecule has 7 atom stereocenters. The largest absolute Gasteiger partial charge is 0.413 e. The molecule has 0 bridgehead atoms. The quantitative estimate of drug-likeness (QED) is 0.131. The first-order valence-electron chi connectivity index (χ1n) is 20.2. The zero-order chi connectivity index (χ0) is 39.0. The molecule has 51 heavy (non-hydrogen) atoms. The van der Waals surface area contributed by atoms with E-state index in [0.29, 0.717) is 24.9 Å². The summed E-state index contributed by atoms with van der Waals surface area (Å²) in [5, 5.41) is 0.241. The molecule has 0 heterocycles. The number of fused-ring (bicyclic) bond motifs is 1. The van der Waals surface area contributed by atoms with Crippen molar-refractivity contribution in [2.45, 2.75) is 207 Å². The number of allylic oxidation sites excluding steroid dienone is 3. The minimum absolute atomic E-state index is 0.0386. The lowest BCUT2D eigenvalue weighted by Gasteiger charge is -2.46. The fraction of sp³-hybridized carbons (Fsp3) is 0.860. The van der Waals surface area contributed by atoms with Crippen molar-refractivity contribution in [3.63, 3.8) is 0 Å². The van der Waals surface area contributed by atoms with E-state index < -0.39 is 34.4 Å². The van der Waals surface area contributed by atoms with E-state index in [4.69, 9.17) is 18.3 Å². The monoisotopic (exact) mass is 753 g/mol. The summed E-state index contributed by atoms with van der Waals surface area (Å²) in [6.45, 7) is 39.5. The molecule has 0 radical (unpaired) electrons. The zero-order valence-electron chi connectivity index (χ0n) is 35.8. The van der Waals surface area contributed by atoms with Gasteiger partial charge in [-0.05, 0) is 143 Å². The highest BCUT2D eigenvalue weighted by molar-refractivity contribution is 6.74. The molecule has 1 unspecified atom stereocenters. The summed E-state index contributed by atoms with van der Waals surface area (Å²) in [5.41, 5.74) is 2.44. The minimum Gasteiger partial charge on any atom is -0.413 e. The van der Waals surface area contributed by atoms with Crippen LogP contribution in [-0.2, 0) is 18.3 Å². The van der Waals surface area contributed by atoms with Gasteiger partial charge >= 0.3 is 0 Å². The highest BCUT2D eigenvalue weighted by atomic mass is 28.4. The standard InChI is InChI=1S/C43H78F2O4Si2/c1-18-46-32(4)47-41(11,12)43(44,45)27-25-30(2)36-23-24-37-33(20-19-26-42(36,37)13)21-22-34-28-35(48-50(14,15)39(5,6)7)29-38(31(34)3)49-51(16,17)40(8,9)10/h21-22,30,32,35-38H,3,18-20,23-29H2,1-2,4-17H3/b33-21+,34-22-/t30-,32?,35+,36-,37+,38-,42-/m1/s1. The van der Waals surface area contributed by atoms with Gasteiger partial charge in [-0.15, -0.1) is 0 Å². The van der Waals surface area contributed by atoms with E-state index in [0.717, 1.165) is 50.5 Å². The third kappa shape index (κ3) is 10.4.